The van der Waals surface area contributed by atoms with Crippen molar-refractivity contribution < 1.29 is 4.79 Å². The fraction of sp³-hybridized carbons (Fsp3) is 0.545. The van der Waals surface area contributed by atoms with E-state index < -0.39 is 0 Å². The van der Waals surface area contributed by atoms with E-state index in [1.54, 1.807) is 0 Å². The Hall–Kier alpha value is -2.18. The van der Waals surface area contributed by atoms with Crippen LogP contribution in [0.25, 0.3) is 5.69 Å². The van der Waals surface area contributed by atoms with Crippen LogP contribution in [-0.4, -0.2) is 65.3 Å². The molecule has 1 aromatic heterocycles. The summed E-state index contributed by atoms with van der Waals surface area (Å²) in [6.45, 7) is 8.86. The maximum Gasteiger partial charge on any atom is 0.239 e. The highest BCUT2D eigenvalue weighted by atomic mass is 16.2. The first-order valence-electron chi connectivity index (χ1n) is 10.3. The zero-order valence-electron chi connectivity index (χ0n) is 17.2. The molecule has 1 spiro atoms. The predicted octanol–water partition coefficient (Wildman–Crippen LogP) is 2.85. The molecule has 0 saturated carbocycles. The van der Waals surface area contributed by atoms with Gasteiger partial charge in [0.1, 0.15) is 5.82 Å². The van der Waals surface area contributed by atoms with Crippen molar-refractivity contribution in [3.8, 4) is 5.69 Å². The van der Waals surface area contributed by atoms with E-state index in [1.165, 1.54) is 31.4 Å². The Balaban J connectivity index is 1.40. The van der Waals surface area contributed by atoms with Crippen LogP contribution in [0.1, 0.15) is 30.5 Å². The molecule has 1 atom stereocenters. The van der Waals surface area contributed by atoms with Crippen molar-refractivity contribution in [2.45, 2.75) is 33.1 Å². The summed E-state index contributed by atoms with van der Waals surface area (Å²) in [5.74, 6) is 0.770. The Morgan fingerprint density at radius 1 is 1.14 bits per heavy atom. The number of hydrogen-bond donors (Lipinski definition) is 1. The largest absolute Gasteiger partial charge is 0.309 e. The minimum Gasteiger partial charge on any atom is -0.309 e. The number of aryl methyl sites for hydroxylation is 2. The van der Waals surface area contributed by atoms with Crippen LogP contribution in [0.4, 0.5) is 5.82 Å². The van der Waals surface area contributed by atoms with E-state index >= 15 is 0 Å². The van der Waals surface area contributed by atoms with Crippen LogP contribution in [0.15, 0.2) is 30.3 Å². The number of nitrogens with one attached hydrogen (secondary N) is 1. The van der Waals surface area contributed by atoms with Gasteiger partial charge < -0.3 is 10.2 Å². The average molecular weight is 382 g/mol. The van der Waals surface area contributed by atoms with E-state index in [0.29, 0.717) is 12.0 Å². The van der Waals surface area contributed by atoms with E-state index in [4.69, 9.17) is 0 Å². The van der Waals surface area contributed by atoms with Crippen molar-refractivity contribution in [3.63, 3.8) is 0 Å². The molecule has 0 bridgehead atoms. The molecule has 2 aliphatic heterocycles. The third kappa shape index (κ3) is 4.13. The molecular formula is C22H31N5O. The summed E-state index contributed by atoms with van der Waals surface area (Å²) in [7, 11) is 2.21. The van der Waals surface area contributed by atoms with Gasteiger partial charge in [0.15, 0.2) is 0 Å². The molecular weight excluding hydrogens is 350 g/mol. The summed E-state index contributed by atoms with van der Waals surface area (Å²) < 4.78 is 1.81. The van der Waals surface area contributed by atoms with Gasteiger partial charge >= 0.3 is 0 Å². The third-order valence-electron chi connectivity index (χ3n) is 6.11. The van der Waals surface area contributed by atoms with E-state index in [2.05, 4.69) is 46.3 Å². The van der Waals surface area contributed by atoms with Gasteiger partial charge in [-0.15, -0.1) is 0 Å². The first-order chi connectivity index (χ1) is 13.4. The summed E-state index contributed by atoms with van der Waals surface area (Å²) in [6.07, 6.45) is 3.76. The second kappa shape index (κ2) is 7.68. The number of carbonyl (C=O) groups is 1. The minimum absolute atomic E-state index is 0.0366. The lowest BCUT2D eigenvalue weighted by Gasteiger charge is -2.38. The zero-order valence-corrected chi connectivity index (χ0v) is 17.2. The summed E-state index contributed by atoms with van der Waals surface area (Å²) >= 11 is 0. The van der Waals surface area contributed by atoms with Crippen LogP contribution in [0.5, 0.6) is 0 Å². The van der Waals surface area contributed by atoms with Gasteiger partial charge in [0.25, 0.3) is 0 Å². The summed E-state index contributed by atoms with van der Waals surface area (Å²) in [6, 6.07) is 10.1. The van der Waals surface area contributed by atoms with E-state index in [1.807, 2.05) is 29.8 Å². The average Bonchev–Trinajstić information content (AvgIpc) is 3.18. The number of hydrogen-bond acceptors (Lipinski definition) is 4. The lowest BCUT2D eigenvalue weighted by atomic mass is 9.79. The van der Waals surface area contributed by atoms with Crippen LogP contribution >= 0.6 is 0 Å². The van der Waals surface area contributed by atoms with Gasteiger partial charge in [-0.25, -0.2) is 4.68 Å². The molecule has 2 fully saturated rings. The Morgan fingerprint density at radius 3 is 2.68 bits per heavy atom. The summed E-state index contributed by atoms with van der Waals surface area (Å²) in [4.78, 5) is 17.5. The molecule has 0 radical (unpaired) electrons. The predicted molar refractivity (Wildman–Crippen MR) is 112 cm³/mol. The van der Waals surface area contributed by atoms with Crippen LogP contribution in [0.3, 0.4) is 0 Å². The molecule has 1 amide bonds. The number of piperidine rings is 1. The zero-order chi connectivity index (χ0) is 19.7. The standard InChI is InChI=1S/C22H31N5O/c1-17-5-7-19(8-6-17)27-20(13-18(2)24-27)23-21(28)14-26-12-10-22(16-26)9-4-11-25(3)15-22/h5-8,13H,4,9-12,14-16H2,1-3H3,(H,23,28). The highest BCUT2D eigenvalue weighted by Gasteiger charge is 2.40. The highest BCUT2D eigenvalue weighted by Crippen LogP contribution is 2.38. The van der Waals surface area contributed by atoms with E-state index in [-0.39, 0.29) is 5.91 Å². The SMILES string of the molecule is Cc1ccc(-n2nc(C)cc2NC(=O)CN2CCC3(CCCN(C)C3)C2)cc1. The number of rotatable bonds is 4. The maximum atomic E-state index is 12.7. The van der Waals surface area contributed by atoms with Crippen LogP contribution in [0, 0.1) is 19.3 Å². The molecule has 1 unspecified atom stereocenters. The monoisotopic (exact) mass is 381 g/mol. The first kappa shape index (κ1) is 19.2. The van der Waals surface area contributed by atoms with Crippen molar-refractivity contribution >= 4 is 11.7 Å². The quantitative estimate of drug-likeness (QED) is 0.885. The van der Waals surface area contributed by atoms with Gasteiger partial charge in [-0.1, -0.05) is 17.7 Å². The normalized spacial score (nSPS) is 23.4. The number of aromatic nitrogens is 2. The Labute approximate surface area is 167 Å². The summed E-state index contributed by atoms with van der Waals surface area (Å²) in [5, 5.41) is 7.64. The molecule has 28 heavy (non-hydrogen) atoms. The number of benzene rings is 1. The van der Waals surface area contributed by atoms with Gasteiger partial charge in [-0.05, 0) is 70.8 Å². The molecule has 1 N–H and O–H groups in total. The molecule has 6 nitrogen and oxygen atoms in total. The van der Waals surface area contributed by atoms with Crippen molar-refractivity contribution in [2.75, 3.05) is 45.1 Å². The number of nitrogens with zero attached hydrogens (tertiary/aromatic N) is 4. The maximum absolute atomic E-state index is 12.7. The van der Waals surface area contributed by atoms with Crippen LogP contribution < -0.4 is 5.32 Å². The van der Waals surface area contributed by atoms with Gasteiger partial charge in [0, 0.05) is 19.2 Å². The lowest BCUT2D eigenvalue weighted by molar-refractivity contribution is -0.117. The second-order valence-electron chi connectivity index (χ2n) is 8.77. The fourth-order valence-corrected chi connectivity index (χ4v) is 4.81. The number of anilines is 1. The molecule has 3 heterocycles. The van der Waals surface area contributed by atoms with Gasteiger partial charge in [0.05, 0.1) is 17.9 Å². The molecule has 2 aromatic rings. The highest BCUT2D eigenvalue weighted by molar-refractivity contribution is 5.91. The first-order valence-corrected chi connectivity index (χ1v) is 10.3. The van der Waals surface area contributed by atoms with Crippen molar-refractivity contribution in [1.82, 2.24) is 19.6 Å². The molecule has 4 rings (SSSR count). The van der Waals surface area contributed by atoms with Gasteiger partial charge in [-0.3, -0.25) is 9.69 Å². The van der Waals surface area contributed by atoms with Crippen LogP contribution in [0.2, 0.25) is 0 Å². The van der Waals surface area contributed by atoms with E-state index in [9.17, 15) is 4.79 Å². The molecule has 2 saturated heterocycles. The van der Waals surface area contributed by atoms with E-state index in [0.717, 1.165) is 36.8 Å². The Kier molecular flexibility index (Phi) is 5.25. The van der Waals surface area contributed by atoms with Gasteiger partial charge in [-0.2, -0.15) is 5.10 Å². The minimum atomic E-state index is 0.0366. The second-order valence-corrected chi connectivity index (χ2v) is 8.77. The molecule has 0 aliphatic carbocycles. The molecule has 2 aliphatic rings. The summed E-state index contributed by atoms with van der Waals surface area (Å²) in [5.41, 5.74) is 3.43. The fourth-order valence-electron chi connectivity index (χ4n) is 4.81. The molecule has 1 aromatic carbocycles. The third-order valence-corrected chi connectivity index (χ3v) is 6.11. The number of amides is 1. The topological polar surface area (TPSA) is 53.4 Å². The van der Waals surface area contributed by atoms with Crippen molar-refractivity contribution in [1.29, 1.82) is 0 Å². The van der Waals surface area contributed by atoms with Crippen LogP contribution in [-0.2, 0) is 4.79 Å². The Bertz CT molecular complexity index is 843. The smallest absolute Gasteiger partial charge is 0.239 e. The molecule has 6 heteroatoms. The number of carbonyl (C=O) groups excluding carboxylic acids is 1. The van der Waals surface area contributed by atoms with Gasteiger partial charge in [0.2, 0.25) is 5.91 Å². The van der Waals surface area contributed by atoms with Crippen molar-refractivity contribution in [3.05, 3.63) is 41.6 Å². The lowest BCUT2D eigenvalue weighted by Crippen LogP contribution is -2.43. The van der Waals surface area contributed by atoms with Crippen molar-refractivity contribution in [2.24, 2.45) is 5.41 Å². The Morgan fingerprint density at radius 2 is 1.93 bits per heavy atom. The molecule has 150 valence electrons. The number of likely N-dealkylation sites (tertiary alicyclic amines) is 2.